The third-order valence-electron chi connectivity index (χ3n) is 7.97. The Hall–Kier alpha value is -4.37. The zero-order valence-corrected chi connectivity index (χ0v) is 24.1. The van der Waals surface area contributed by atoms with Crippen LogP contribution in [0.1, 0.15) is 35.7 Å². The first-order valence-electron chi connectivity index (χ1n) is 13.8. The Morgan fingerprint density at radius 2 is 1.76 bits per heavy atom. The predicted molar refractivity (Wildman–Crippen MR) is 158 cm³/mol. The van der Waals surface area contributed by atoms with Crippen LogP contribution in [0, 0.1) is 13.8 Å². The lowest BCUT2D eigenvalue weighted by Gasteiger charge is -2.24. The SMILES string of the molecule is COc1ccc(Cn2c(=O)c3cnn(C4CCOCC4)c3c3ccc(-c4c(C)cc(C)nc4OC)cc32)c(OC)c1. The fourth-order valence-electron chi connectivity index (χ4n) is 5.97. The van der Waals surface area contributed by atoms with Gasteiger partial charge in [0.05, 0.1) is 56.5 Å². The number of methoxy groups -OCH3 is 3. The van der Waals surface area contributed by atoms with Crippen LogP contribution in [0.2, 0.25) is 0 Å². The van der Waals surface area contributed by atoms with Gasteiger partial charge in [0.1, 0.15) is 11.5 Å². The van der Waals surface area contributed by atoms with Crippen LogP contribution in [0.25, 0.3) is 32.9 Å². The highest BCUT2D eigenvalue weighted by Crippen LogP contribution is 2.37. The molecule has 0 N–H and O–H groups in total. The Bertz CT molecular complexity index is 1820. The smallest absolute Gasteiger partial charge is 0.262 e. The topological polar surface area (TPSA) is 89.6 Å². The van der Waals surface area contributed by atoms with Gasteiger partial charge in [-0.15, -0.1) is 0 Å². The van der Waals surface area contributed by atoms with Gasteiger partial charge in [-0.05, 0) is 62.1 Å². The molecule has 0 bridgehead atoms. The van der Waals surface area contributed by atoms with E-state index in [-0.39, 0.29) is 11.6 Å². The van der Waals surface area contributed by atoms with Crippen LogP contribution in [-0.2, 0) is 11.3 Å². The summed E-state index contributed by atoms with van der Waals surface area (Å²) in [6.07, 6.45) is 3.42. The van der Waals surface area contributed by atoms with Gasteiger partial charge >= 0.3 is 0 Å². The summed E-state index contributed by atoms with van der Waals surface area (Å²) in [6, 6.07) is 14.1. The monoisotopic (exact) mass is 554 g/mol. The molecule has 5 aromatic rings. The molecular formula is C32H34N4O5. The second-order valence-corrected chi connectivity index (χ2v) is 10.5. The van der Waals surface area contributed by atoms with E-state index in [1.54, 1.807) is 27.5 Å². The minimum absolute atomic E-state index is 0.105. The van der Waals surface area contributed by atoms with Gasteiger partial charge in [-0.3, -0.25) is 9.48 Å². The molecule has 1 aliphatic rings. The predicted octanol–water partition coefficient (Wildman–Crippen LogP) is 5.46. The van der Waals surface area contributed by atoms with Gasteiger partial charge in [-0.25, -0.2) is 4.98 Å². The van der Waals surface area contributed by atoms with E-state index in [2.05, 4.69) is 30.1 Å². The first-order chi connectivity index (χ1) is 19.9. The molecule has 1 fully saturated rings. The van der Waals surface area contributed by atoms with Crippen LogP contribution < -0.4 is 19.8 Å². The van der Waals surface area contributed by atoms with Gasteiger partial charge < -0.3 is 23.5 Å². The summed E-state index contributed by atoms with van der Waals surface area (Å²) < 4.78 is 26.2. The molecule has 1 saturated heterocycles. The van der Waals surface area contributed by atoms with E-state index in [9.17, 15) is 4.79 Å². The number of hydrogen-bond acceptors (Lipinski definition) is 7. The van der Waals surface area contributed by atoms with E-state index in [0.29, 0.717) is 42.5 Å². The summed E-state index contributed by atoms with van der Waals surface area (Å²) in [5.41, 5.74) is 6.17. The van der Waals surface area contributed by atoms with Crippen molar-refractivity contribution in [1.29, 1.82) is 0 Å². The largest absolute Gasteiger partial charge is 0.497 e. The molecule has 212 valence electrons. The van der Waals surface area contributed by atoms with Crippen molar-refractivity contribution in [1.82, 2.24) is 19.3 Å². The molecule has 9 nitrogen and oxygen atoms in total. The molecule has 2 aromatic carbocycles. The van der Waals surface area contributed by atoms with Gasteiger partial charge in [0.15, 0.2) is 0 Å². The Balaban J connectivity index is 1.63. The highest BCUT2D eigenvalue weighted by atomic mass is 16.5. The Morgan fingerprint density at radius 3 is 2.49 bits per heavy atom. The quantitative estimate of drug-likeness (QED) is 0.264. The highest BCUT2D eigenvalue weighted by molar-refractivity contribution is 6.05. The molecule has 0 amide bonds. The zero-order valence-electron chi connectivity index (χ0n) is 24.1. The minimum atomic E-state index is -0.105. The number of ether oxygens (including phenoxy) is 4. The molecule has 0 unspecified atom stereocenters. The number of hydrogen-bond donors (Lipinski definition) is 0. The average Bonchev–Trinajstić information content (AvgIpc) is 3.45. The van der Waals surface area contributed by atoms with Crippen LogP contribution in [0.5, 0.6) is 17.4 Å². The summed E-state index contributed by atoms with van der Waals surface area (Å²) in [7, 11) is 4.87. The third kappa shape index (κ3) is 4.70. The number of benzene rings is 2. The molecule has 0 atom stereocenters. The standard InChI is InChI=1S/C32H34N4O5/c1-19-14-20(2)34-31(40-5)29(19)21-7-9-25-27(15-21)35(18-22-6-8-24(38-3)16-28(22)39-4)32(37)26-17-33-36(30(25)26)23-10-12-41-13-11-23/h6-9,14-17,23H,10-13,18H2,1-5H3. The Morgan fingerprint density at radius 1 is 0.951 bits per heavy atom. The van der Waals surface area contributed by atoms with Crippen molar-refractivity contribution in [2.45, 2.75) is 39.3 Å². The fourth-order valence-corrected chi connectivity index (χ4v) is 5.97. The van der Waals surface area contributed by atoms with Crippen molar-refractivity contribution < 1.29 is 18.9 Å². The van der Waals surface area contributed by atoms with Crippen LogP contribution in [0.4, 0.5) is 0 Å². The van der Waals surface area contributed by atoms with E-state index in [0.717, 1.165) is 57.2 Å². The Kier molecular flexibility index (Phi) is 7.13. The number of nitrogens with zero attached hydrogens (tertiary/aromatic N) is 4. The molecule has 0 spiro atoms. The maximum absolute atomic E-state index is 14.2. The normalized spacial score (nSPS) is 14.1. The minimum Gasteiger partial charge on any atom is -0.497 e. The molecule has 1 aliphatic heterocycles. The van der Waals surface area contributed by atoms with Gasteiger partial charge in [0.25, 0.3) is 5.56 Å². The summed E-state index contributed by atoms with van der Waals surface area (Å²) in [6.45, 7) is 5.68. The molecule has 41 heavy (non-hydrogen) atoms. The molecule has 3 aromatic heterocycles. The van der Waals surface area contributed by atoms with Crippen molar-refractivity contribution in [2.75, 3.05) is 34.5 Å². The van der Waals surface area contributed by atoms with E-state index in [1.807, 2.05) is 40.4 Å². The van der Waals surface area contributed by atoms with Crippen molar-refractivity contribution in [3.8, 4) is 28.5 Å². The summed E-state index contributed by atoms with van der Waals surface area (Å²) in [5, 5.41) is 6.29. The zero-order chi connectivity index (χ0) is 28.7. The van der Waals surface area contributed by atoms with Crippen molar-refractivity contribution in [3.05, 3.63) is 75.8 Å². The van der Waals surface area contributed by atoms with Crippen molar-refractivity contribution >= 4 is 21.8 Å². The lowest BCUT2D eigenvalue weighted by Crippen LogP contribution is -2.23. The lowest BCUT2D eigenvalue weighted by molar-refractivity contribution is 0.0675. The van der Waals surface area contributed by atoms with Crippen LogP contribution in [-0.4, -0.2) is 53.9 Å². The van der Waals surface area contributed by atoms with E-state index in [4.69, 9.17) is 24.0 Å². The van der Waals surface area contributed by atoms with Crippen molar-refractivity contribution in [3.63, 3.8) is 0 Å². The molecule has 0 radical (unpaired) electrons. The average molecular weight is 555 g/mol. The third-order valence-corrected chi connectivity index (χ3v) is 7.97. The van der Waals surface area contributed by atoms with Crippen LogP contribution in [0.3, 0.4) is 0 Å². The highest BCUT2D eigenvalue weighted by Gasteiger charge is 2.24. The Labute approximate surface area is 238 Å². The van der Waals surface area contributed by atoms with E-state index >= 15 is 0 Å². The summed E-state index contributed by atoms with van der Waals surface area (Å²) >= 11 is 0. The molecular weight excluding hydrogens is 520 g/mol. The van der Waals surface area contributed by atoms with Crippen LogP contribution >= 0.6 is 0 Å². The second-order valence-electron chi connectivity index (χ2n) is 10.5. The summed E-state index contributed by atoms with van der Waals surface area (Å²) in [4.78, 5) is 18.9. The van der Waals surface area contributed by atoms with Crippen molar-refractivity contribution in [2.24, 2.45) is 0 Å². The van der Waals surface area contributed by atoms with Gasteiger partial charge in [-0.2, -0.15) is 5.10 Å². The second kappa shape index (κ2) is 10.9. The first kappa shape index (κ1) is 26.8. The molecule has 6 rings (SSSR count). The molecule has 9 heteroatoms. The number of pyridine rings is 2. The number of aromatic nitrogens is 4. The fraction of sp³-hybridized carbons (Fsp3) is 0.344. The summed E-state index contributed by atoms with van der Waals surface area (Å²) in [5.74, 6) is 1.90. The molecule has 0 aliphatic carbocycles. The number of aryl methyl sites for hydroxylation is 2. The van der Waals surface area contributed by atoms with E-state index in [1.165, 1.54) is 0 Å². The van der Waals surface area contributed by atoms with Gasteiger partial charge in [0, 0.05) is 41.5 Å². The molecule has 4 heterocycles. The number of fused-ring (bicyclic) bond motifs is 3. The van der Waals surface area contributed by atoms with Gasteiger partial charge in [0.2, 0.25) is 5.88 Å². The molecule has 0 saturated carbocycles. The number of rotatable bonds is 7. The maximum atomic E-state index is 14.2. The van der Waals surface area contributed by atoms with Crippen LogP contribution in [0.15, 0.2) is 53.5 Å². The van der Waals surface area contributed by atoms with Gasteiger partial charge in [-0.1, -0.05) is 12.1 Å². The first-order valence-corrected chi connectivity index (χ1v) is 13.8. The maximum Gasteiger partial charge on any atom is 0.262 e. The van der Waals surface area contributed by atoms with E-state index < -0.39 is 0 Å². The lowest BCUT2D eigenvalue weighted by atomic mass is 9.99.